The summed E-state index contributed by atoms with van der Waals surface area (Å²) < 4.78 is -0.666. The minimum Gasteiger partial charge on any atom is -0.394 e. The lowest BCUT2D eigenvalue weighted by Crippen LogP contribution is -2.60. The van der Waals surface area contributed by atoms with Crippen molar-refractivity contribution in [3.63, 3.8) is 0 Å². The number of aliphatic hydroxyl groups is 1. The number of hydrogen-bond donors (Lipinski definition) is 1. The lowest BCUT2D eigenvalue weighted by atomic mass is 9.70. The molecule has 3 heterocycles. The molecule has 8 heteroatoms. The number of hydrogen-bond acceptors (Lipinski definition) is 5. The molecule has 2 bridgehead atoms. The van der Waals surface area contributed by atoms with Crippen molar-refractivity contribution in [2.45, 2.75) is 94.8 Å². The standard InChI is InChI=1S/C29H47N3O4S/c1-9-14-30(15-10-2)25(34)22-21-12-13-29(37-21)23(22)26(35)32(20(18-33)17-19(4)5)24(29)27(36)31(16-11-3)28(6,7)8/h9,11,19-24,33H,1,3,10,12-18H2,2,4-8H3/t20-,21+,22-,23+,24?,29?/m1/s1. The summed E-state index contributed by atoms with van der Waals surface area (Å²) in [5.41, 5.74) is -0.472. The predicted molar refractivity (Wildman–Crippen MR) is 150 cm³/mol. The molecule has 3 aliphatic rings. The number of carbonyl (C=O) groups is 3. The van der Waals surface area contributed by atoms with E-state index in [-0.39, 0.29) is 35.5 Å². The van der Waals surface area contributed by atoms with Crippen molar-refractivity contribution in [3.8, 4) is 0 Å². The number of fused-ring (bicyclic) bond motifs is 1. The smallest absolute Gasteiger partial charge is 0.247 e. The van der Waals surface area contributed by atoms with Crippen LogP contribution in [0.5, 0.6) is 0 Å². The van der Waals surface area contributed by atoms with Crippen LogP contribution in [-0.4, -0.2) is 91.4 Å². The molecule has 3 rings (SSSR count). The van der Waals surface area contributed by atoms with E-state index >= 15 is 0 Å². The van der Waals surface area contributed by atoms with Crippen LogP contribution in [-0.2, 0) is 14.4 Å². The molecule has 3 fully saturated rings. The Morgan fingerprint density at radius 2 is 1.86 bits per heavy atom. The number of amides is 3. The van der Waals surface area contributed by atoms with Crippen molar-refractivity contribution in [3.05, 3.63) is 25.3 Å². The first-order valence-corrected chi connectivity index (χ1v) is 14.7. The van der Waals surface area contributed by atoms with E-state index in [1.165, 1.54) is 0 Å². The van der Waals surface area contributed by atoms with E-state index in [0.717, 1.165) is 19.3 Å². The summed E-state index contributed by atoms with van der Waals surface area (Å²) in [5.74, 6) is -1.04. The molecular weight excluding hydrogens is 486 g/mol. The van der Waals surface area contributed by atoms with Crippen molar-refractivity contribution in [2.75, 3.05) is 26.2 Å². The van der Waals surface area contributed by atoms with Gasteiger partial charge in [-0.05, 0) is 52.4 Å². The highest BCUT2D eigenvalue weighted by Gasteiger charge is 2.74. The molecular formula is C29H47N3O4S. The van der Waals surface area contributed by atoms with Crippen LogP contribution < -0.4 is 0 Å². The average Bonchev–Trinajstić information content (AvgIpc) is 3.46. The van der Waals surface area contributed by atoms with Crippen molar-refractivity contribution >= 4 is 29.5 Å². The Bertz CT molecular complexity index is 900. The maximum atomic E-state index is 14.5. The zero-order valence-electron chi connectivity index (χ0n) is 23.6. The van der Waals surface area contributed by atoms with E-state index in [1.807, 2.05) is 32.6 Å². The normalized spacial score (nSPS) is 29.4. The molecule has 0 aliphatic carbocycles. The third-order valence-corrected chi connectivity index (χ3v) is 10.1. The Morgan fingerprint density at radius 1 is 1.22 bits per heavy atom. The number of rotatable bonds is 12. The number of thioether (sulfide) groups is 1. The highest BCUT2D eigenvalue weighted by Crippen LogP contribution is 2.67. The second-order valence-electron chi connectivity index (χ2n) is 12.2. The minimum atomic E-state index is -0.716. The Labute approximate surface area is 227 Å². The van der Waals surface area contributed by atoms with Gasteiger partial charge in [-0.2, -0.15) is 0 Å². The summed E-state index contributed by atoms with van der Waals surface area (Å²) in [6.45, 7) is 21.1. The molecule has 2 unspecified atom stereocenters. The second kappa shape index (κ2) is 11.5. The molecule has 1 spiro atoms. The summed E-state index contributed by atoms with van der Waals surface area (Å²) in [5, 5.41) is 10.5. The summed E-state index contributed by atoms with van der Waals surface area (Å²) >= 11 is 1.69. The molecule has 0 radical (unpaired) electrons. The Hall–Kier alpha value is -1.80. The van der Waals surface area contributed by atoms with Gasteiger partial charge in [0.1, 0.15) is 6.04 Å². The van der Waals surface area contributed by atoms with Gasteiger partial charge in [-0.3, -0.25) is 14.4 Å². The third kappa shape index (κ3) is 5.25. The van der Waals surface area contributed by atoms with Crippen molar-refractivity contribution in [1.29, 1.82) is 0 Å². The van der Waals surface area contributed by atoms with Gasteiger partial charge in [0.15, 0.2) is 0 Å². The SMILES string of the molecule is C=CCN(CCC)C(=O)[C@@H]1[C@@H]2CCC3(S2)C(C(=O)N(CC=C)C(C)(C)C)N([C@@H](CO)CC(C)C)C(=O)[C@H]13. The largest absolute Gasteiger partial charge is 0.394 e. The monoisotopic (exact) mass is 533 g/mol. The van der Waals surface area contributed by atoms with Crippen molar-refractivity contribution < 1.29 is 19.5 Å². The van der Waals surface area contributed by atoms with E-state index in [9.17, 15) is 19.5 Å². The highest BCUT2D eigenvalue weighted by molar-refractivity contribution is 8.02. The molecule has 0 saturated carbocycles. The molecule has 1 N–H and O–H groups in total. The lowest BCUT2D eigenvalue weighted by molar-refractivity contribution is -0.149. The number of carbonyl (C=O) groups excluding carboxylic acids is 3. The molecule has 3 aliphatic heterocycles. The molecule has 37 heavy (non-hydrogen) atoms. The van der Waals surface area contributed by atoms with Crippen LogP contribution in [0.1, 0.15) is 67.2 Å². The van der Waals surface area contributed by atoms with Gasteiger partial charge in [0, 0.05) is 30.4 Å². The van der Waals surface area contributed by atoms with Crippen LogP contribution in [0.3, 0.4) is 0 Å². The molecule has 208 valence electrons. The first-order chi connectivity index (χ1) is 17.4. The molecule has 7 nitrogen and oxygen atoms in total. The average molecular weight is 534 g/mol. The highest BCUT2D eigenvalue weighted by atomic mass is 32.2. The van der Waals surface area contributed by atoms with Gasteiger partial charge in [-0.15, -0.1) is 24.9 Å². The van der Waals surface area contributed by atoms with E-state index < -0.39 is 34.2 Å². The predicted octanol–water partition coefficient (Wildman–Crippen LogP) is 3.72. The summed E-state index contributed by atoms with van der Waals surface area (Å²) in [7, 11) is 0. The van der Waals surface area contributed by atoms with E-state index in [2.05, 4.69) is 27.0 Å². The van der Waals surface area contributed by atoms with E-state index in [4.69, 9.17) is 0 Å². The summed E-state index contributed by atoms with van der Waals surface area (Å²) in [6.07, 6.45) is 6.40. The molecule has 3 saturated heterocycles. The summed E-state index contributed by atoms with van der Waals surface area (Å²) in [6, 6.07) is -1.19. The number of likely N-dealkylation sites (tertiary alicyclic amines) is 1. The Morgan fingerprint density at radius 3 is 2.38 bits per heavy atom. The van der Waals surface area contributed by atoms with Crippen LogP contribution >= 0.6 is 11.8 Å². The van der Waals surface area contributed by atoms with Crippen LogP contribution in [0.4, 0.5) is 0 Å². The fourth-order valence-corrected chi connectivity index (χ4v) is 8.96. The van der Waals surface area contributed by atoms with Crippen molar-refractivity contribution in [1.82, 2.24) is 14.7 Å². The first-order valence-electron chi connectivity index (χ1n) is 13.8. The van der Waals surface area contributed by atoms with Crippen LogP contribution in [0, 0.1) is 17.8 Å². The Kier molecular flexibility index (Phi) is 9.26. The fraction of sp³-hybridized carbons (Fsp3) is 0.759. The Balaban J connectivity index is 2.13. The quantitative estimate of drug-likeness (QED) is 0.387. The van der Waals surface area contributed by atoms with E-state index in [0.29, 0.717) is 26.1 Å². The number of nitrogens with zero attached hydrogens (tertiary/aromatic N) is 3. The van der Waals surface area contributed by atoms with E-state index in [1.54, 1.807) is 33.7 Å². The zero-order valence-corrected chi connectivity index (χ0v) is 24.4. The summed E-state index contributed by atoms with van der Waals surface area (Å²) in [4.78, 5) is 48.1. The number of aliphatic hydroxyl groups excluding tert-OH is 1. The van der Waals surface area contributed by atoms with Gasteiger partial charge < -0.3 is 19.8 Å². The molecule has 0 aromatic carbocycles. The van der Waals surface area contributed by atoms with Gasteiger partial charge >= 0.3 is 0 Å². The van der Waals surface area contributed by atoms with Gasteiger partial charge in [0.25, 0.3) is 0 Å². The van der Waals surface area contributed by atoms with Crippen LogP contribution in [0.25, 0.3) is 0 Å². The van der Waals surface area contributed by atoms with Crippen LogP contribution in [0.15, 0.2) is 25.3 Å². The molecule has 0 aromatic heterocycles. The van der Waals surface area contributed by atoms with Gasteiger partial charge in [-0.1, -0.05) is 32.9 Å². The van der Waals surface area contributed by atoms with Crippen molar-refractivity contribution in [2.24, 2.45) is 17.8 Å². The van der Waals surface area contributed by atoms with Crippen LogP contribution in [0.2, 0.25) is 0 Å². The minimum absolute atomic E-state index is 0.00426. The fourth-order valence-electron chi connectivity index (χ4n) is 6.76. The second-order valence-corrected chi connectivity index (χ2v) is 13.8. The third-order valence-electron chi connectivity index (χ3n) is 8.15. The maximum absolute atomic E-state index is 14.5. The lowest BCUT2D eigenvalue weighted by Gasteiger charge is -2.44. The molecule has 0 aromatic rings. The first kappa shape index (κ1) is 29.8. The zero-order chi connectivity index (χ0) is 27.7. The van der Waals surface area contributed by atoms with Gasteiger partial charge in [-0.25, -0.2) is 0 Å². The molecule has 6 atom stereocenters. The van der Waals surface area contributed by atoms with Gasteiger partial charge in [0.2, 0.25) is 17.7 Å². The van der Waals surface area contributed by atoms with Gasteiger partial charge in [0.05, 0.1) is 29.2 Å². The topological polar surface area (TPSA) is 81.2 Å². The maximum Gasteiger partial charge on any atom is 0.247 e. The molecule has 3 amide bonds.